The Bertz CT molecular complexity index is 759. The van der Waals surface area contributed by atoms with Gasteiger partial charge in [-0.25, -0.2) is 0 Å². The van der Waals surface area contributed by atoms with Gasteiger partial charge in [0.05, 0.1) is 6.04 Å². The van der Waals surface area contributed by atoms with E-state index in [0.717, 1.165) is 35.0 Å². The number of carbonyl (C=O) groups is 1. The zero-order chi connectivity index (χ0) is 19.1. The summed E-state index contributed by atoms with van der Waals surface area (Å²) in [5, 5.41) is 3.78. The molecule has 2 aromatic carbocycles. The molecule has 0 bridgehead atoms. The molecule has 1 saturated heterocycles. The number of aryl methyl sites for hydroxylation is 1. The number of hydrogen-bond donors (Lipinski definition) is 1. The summed E-state index contributed by atoms with van der Waals surface area (Å²) in [7, 11) is 0. The molecule has 1 N–H and O–H groups in total. The smallest absolute Gasteiger partial charge is 0.258 e. The zero-order valence-corrected chi connectivity index (χ0v) is 16.5. The van der Waals surface area contributed by atoms with Crippen LogP contribution in [0.1, 0.15) is 36.4 Å². The highest BCUT2D eigenvalue weighted by Crippen LogP contribution is 2.29. The van der Waals surface area contributed by atoms with Crippen LogP contribution in [-0.2, 0) is 4.79 Å². The molecular weight excluding hydrogens is 360 g/mol. The van der Waals surface area contributed by atoms with Gasteiger partial charge in [-0.05, 0) is 56.1 Å². The number of carbonyl (C=O) groups excluding carboxylic acids is 1. The van der Waals surface area contributed by atoms with Crippen LogP contribution in [0.15, 0.2) is 48.5 Å². The van der Waals surface area contributed by atoms with Crippen molar-refractivity contribution < 1.29 is 9.53 Å². The van der Waals surface area contributed by atoms with Crippen LogP contribution in [-0.4, -0.2) is 37.0 Å². The van der Waals surface area contributed by atoms with Gasteiger partial charge in [0, 0.05) is 11.6 Å². The van der Waals surface area contributed by atoms with Gasteiger partial charge < -0.3 is 10.1 Å². The molecule has 0 spiro atoms. The molecule has 0 saturated carbocycles. The van der Waals surface area contributed by atoms with Crippen molar-refractivity contribution >= 4 is 17.5 Å². The van der Waals surface area contributed by atoms with Crippen molar-refractivity contribution in [3.63, 3.8) is 0 Å². The average molecular weight is 387 g/mol. The molecule has 1 aliphatic rings. The van der Waals surface area contributed by atoms with Crippen molar-refractivity contribution in [2.24, 2.45) is 0 Å². The summed E-state index contributed by atoms with van der Waals surface area (Å²) >= 11 is 6.45. The molecule has 1 amide bonds. The van der Waals surface area contributed by atoms with Crippen LogP contribution in [0.4, 0.5) is 0 Å². The number of hydrogen-bond acceptors (Lipinski definition) is 3. The minimum Gasteiger partial charge on any atom is -0.484 e. The fourth-order valence-corrected chi connectivity index (χ4v) is 3.80. The Hall–Kier alpha value is -2.04. The van der Waals surface area contributed by atoms with Crippen LogP contribution in [0.25, 0.3) is 0 Å². The number of para-hydroxylation sites is 1. The van der Waals surface area contributed by atoms with E-state index in [4.69, 9.17) is 16.3 Å². The maximum atomic E-state index is 12.3. The number of halogens is 1. The topological polar surface area (TPSA) is 41.6 Å². The third-order valence-corrected chi connectivity index (χ3v) is 5.38. The van der Waals surface area contributed by atoms with Crippen LogP contribution in [0, 0.1) is 6.92 Å². The second-order valence-electron chi connectivity index (χ2n) is 6.99. The first-order chi connectivity index (χ1) is 13.1. The summed E-state index contributed by atoms with van der Waals surface area (Å²) in [6, 6.07) is 15.7. The lowest BCUT2D eigenvalue weighted by atomic mass is 10.0. The largest absolute Gasteiger partial charge is 0.484 e. The lowest BCUT2D eigenvalue weighted by molar-refractivity contribution is -0.123. The van der Waals surface area contributed by atoms with Crippen molar-refractivity contribution in [1.82, 2.24) is 10.2 Å². The van der Waals surface area contributed by atoms with Gasteiger partial charge in [0.1, 0.15) is 5.75 Å². The number of benzene rings is 2. The Morgan fingerprint density at radius 2 is 1.81 bits per heavy atom. The Morgan fingerprint density at radius 1 is 1.11 bits per heavy atom. The lowest BCUT2D eigenvalue weighted by Crippen LogP contribution is -2.41. The van der Waals surface area contributed by atoms with Crippen LogP contribution >= 0.6 is 11.6 Å². The van der Waals surface area contributed by atoms with Crippen molar-refractivity contribution in [3.8, 4) is 5.75 Å². The number of ether oxygens (including phenoxy) is 1. The molecule has 27 heavy (non-hydrogen) atoms. The van der Waals surface area contributed by atoms with Gasteiger partial charge in [0.2, 0.25) is 0 Å². The number of amides is 1. The normalized spacial score (nSPS) is 15.9. The third-order valence-electron chi connectivity index (χ3n) is 5.04. The number of rotatable bonds is 7. The molecule has 1 atom stereocenters. The zero-order valence-electron chi connectivity index (χ0n) is 15.8. The molecule has 0 radical (unpaired) electrons. The number of piperidine rings is 1. The molecule has 0 aliphatic carbocycles. The van der Waals surface area contributed by atoms with E-state index in [-0.39, 0.29) is 18.6 Å². The predicted molar refractivity (Wildman–Crippen MR) is 109 cm³/mol. The first kappa shape index (κ1) is 19.7. The highest BCUT2D eigenvalue weighted by molar-refractivity contribution is 6.31. The van der Waals surface area contributed by atoms with Crippen molar-refractivity contribution in [1.29, 1.82) is 0 Å². The summed E-state index contributed by atoms with van der Waals surface area (Å²) in [5.74, 6) is 0.624. The van der Waals surface area contributed by atoms with Crippen molar-refractivity contribution in [3.05, 3.63) is 64.7 Å². The summed E-state index contributed by atoms with van der Waals surface area (Å²) in [4.78, 5) is 14.8. The first-order valence-electron chi connectivity index (χ1n) is 9.59. The first-order valence-corrected chi connectivity index (χ1v) is 9.96. The monoisotopic (exact) mass is 386 g/mol. The standard InChI is InChI=1S/C22H27ClN2O2/c1-17-9-3-6-12-21(17)27-16-22(26)24-15-20(25-13-7-2-8-14-25)18-10-4-5-11-19(18)23/h3-6,9-12,20H,2,7-8,13-16H2,1H3,(H,24,26). The molecule has 2 aromatic rings. The Kier molecular flexibility index (Phi) is 7.13. The summed E-state index contributed by atoms with van der Waals surface area (Å²) in [6.45, 7) is 4.58. The van der Waals surface area contributed by atoms with Gasteiger partial charge in [0.25, 0.3) is 5.91 Å². The van der Waals surface area contributed by atoms with Crippen LogP contribution < -0.4 is 10.1 Å². The van der Waals surface area contributed by atoms with Gasteiger partial charge >= 0.3 is 0 Å². The predicted octanol–water partition coefficient (Wildman–Crippen LogP) is 4.37. The van der Waals surface area contributed by atoms with Gasteiger partial charge in [-0.3, -0.25) is 9.69 Å². The molecule has 5 heteroatoms. The van der Waals surface area contributed by atoms with Crippen LogP contribution in [0.2, 0.25) is 5.02 Å². The lowest BCUT2D eigenvalue weighted by Gasteiger charge is -2.35. The van der Waals surface area contributed by atoms with E-state index in [2.05, 4.69) is 16.3 Å². The van der Waals surface area contributed by atoms with E-state index in [1.54, 1.807) is 0 Å². The molecule has 1 fully saturated rings. The van der Waals surface area contributed by atoms with E-state index in [1.165, 1.54) is 19.3 Å². The molecular formula is C22H27ClN2O2. The van der Waals surface area contributed by atoms with Crippen LogP contribution in [0.3, 0.4) is 0 Å². The summed E-state index contributed by atoms with van der Waals surface area (Å²) in [6.07, 6.45) is 3.64. The molecule has 1 unspecified atom stereocenters. The molecule has 144 valence electrons. The minimum atomic E-state index is -0.118. The van der Waals surface area contributed by atoms with E-state index in [1.807, 2.05) is 49.4 Å². The van der Waals surface area contributed by atoms with E-state index in [0.29, 0.717) is 6.54 Å². The maximum Gasteiger partial charge on any atom is 0.258 e. The molecule has 0 aromatic heterocycles. The maximum absolute atomic E-state index is 12.3. The highest BCUT2D eigenvalue weighted by Gasteiger charge is 2.24. The molecule has 1 aliphatic heterocycles. The van der Waals surface area contributed by atoms with Gasteiger partial charge in [-0.2, -0.15) is 0 Å². The second-order valence-corrected chi connectivity index (χ2v) is 7.40. The molecule has 1 heterocycles. The SMILES string of the molecule is Cc1ccccc1OCC(=O)NCC(c1ccccc1Cl)N1CCCCC1. The minimum absolute atomic E-state index is 0.0140. The van der Waals surface area contributed by atoms with E-state index < -0.39 is 0 Å². The van der Waals surface area contributed by atoms with Crippen LogP contribution in [0.5, 0.6) is 5.75 Å². The van der Waals surface area contributed by atoms with E-state index >= 15 is 0 Å². The van der Waals surface area contributed by atoms with Crippen molar-refractivity contribution in [2.75, 3.05) is 26.2 Å². The number of nitrogens with zero attached hydrogens (tertiary/aromatic N) is 1. The highest BCUT2D eigenvalue weighted by atomic mass is 35.5. The fourth-order valence-electron chi connectivity index (χ4n) is 3.53. The summed E-state index contributed by atoms with van der Waals surface area (Å²) in [5.41, 5.74) is 2.09. The van der Waals surface area contributed by atoms with E-state index in [9.17, 15) is 4.79 Å². The fraction of sp³-hybridized carbons (Fsp3) is 0.409. The molecule has 3 rings (SSSR count). The Balaban J connectivity index is 1.61. The summed E-state index contributed by atoms with van der Waals surface area (Å²) < 4.78 is 5.65. The average Bonchev–Trinajstić information content (AvgIpc) is 2.69. The second kappa shape index (κ2) is 9.77. The number of nitrogens with one attached hydrogen (secondary N) is 1. The number of likely N-dealkylation sites (tertiary alicyclic amines) is 1. The third kappa shape index (κ3) is 5.47. The van der Waals surface area contributed by atoms with Gasteiger partial charge in [-0.1, -0.05) is 54.4 Å². The Labute approximate surface area is 166 Å². The molecule has 4 nitrogen and oxygen atoms in total. The van der Waals surface area contributed by atoms with Gasteiger partial charge in [-0.15, -0.1) is 0 Å². The Morgan fingerprint density at radius 3 is 2.56 bits per heavy atom. The van der Waals surface area contributed by atoms with Crippen molar-refractivity contribution in [2.45, 2.75) is 32.2 Å². The quantitative estimate of drug-likeness (QED) is 0.768. The van der Waals surface area contributed by atoms with Gasteiger partial charge in [0.15, 0.2) is 6.61 Å².